The molecule has 0 aliphatic heterocycles. The number of hydrogen-bond donors (Lipinski definition) is 3. The van der Waals surface area contributed by atoms with E-state index in [0.717, 1.165) is 11.3 Å². The van der Waals surface area contributed by atoms with Gasteiger partial charge in [-0.05, 0) is 17.7 Å². The number of nitrogens with zero attached hydrogens (tertiary/aromatic N) is 1. The van der Waals surface area contributed by atoms with Crippen LogP contribution in [0.1, 0.15) is 5.56 Å². The molecule has 0 unspecified atom stereocenters. The number of rotatable bonds is 2. The lowest BCUT2D eigenvalue weighted by molar-refractivity contribution is 0.616. The second kappa shape index (κ2) is 8.21. The minimum absolute atomic E-state index is 0. The van der Waals surface area contributed by atoms with Gasteiger partial charge in [-0.2, -0.15) is 0 Å². The first-order valence-corrected chi connectivity index (χ1v) is 4.45. The summed E-state index contributed by atoms with van der Waals surface area (Å²) in [7, 11) is 3.64. The van der Waals surface area contributed by atoms with E-state index in [1.807, 2.05) is 38.4 Å². The summed E-state index contributed by atoms with van der Waals surface area (Å²) in [5.41, 5.74) is 7.47. The molecule has 0 fully saturated rings. The summed E-state index contributed by atoms with van der Waals surface area (Å²) >= 11 is 0. The third-order valence-corrected chi connectivity index (χ3v) is 1.87. The standard InChI is InChI=1S/C10H16N4.2ClH/c1-14(2)10(12)13-9-5-3-4-8(6-9)7-11;;/h3-6H,7,11H2,1-2H3,(H2,12,13);2*1H. The summed E-state index contributed by atoms with van der Waals surface area (Å²) < 4.78 is 0. The number of anilines is 1. The van der Waals surface area contributed by atoms with E-state index in [1.165, 1.54) is 0 Å². The van der Waals surface area contributed by atoms with Gasteiger partial charge in [0.15, 0.2) is 5.96 Å². The number of benzene rings is 1. The third-order valence-electron chi connectivity index (χ3n) is 1.87. The van der Waals surface area contributed by atoms with Gasteiger partial charge in [0.25, 0.3) is 0 Å². The molecule has 0 bridgehead atoms. The quantitative estimate of drug-likeness (QED) is 0.565. The van der Waals surface area contributed by atoms with Gasteiger partial charge in [0, 0.05) is 26.3 Å². The van der Waals surface area contributed by atoms with Crippen LogP contribution in [0.2, 0.25) is 0 Å². The van der Waals surface area contributed by atoms with Crippen molar-refractivity contribution in [3.8, 4) is 0 Å². The van der Waals surface area contributed by atoms with Crippen molar-refractivity contribution in [3.05, 3.63) is 29.8 Å². The first-order chi connectivity index (χ1) is 6.63. The normalized spacial score (nSPS) is 8.44. The van der Waals surface area contributed by atoms with Crippen LogP contribution in [0.15, 0.2) is 24.3 Å². The molecule has 4 nitrogen and oxygen atoms in total. The third kappa shape index (κ3) is 5.21. The van der Waals surface area contributed by atoms with Gasteiger partial charge in [-0.25, -0.2) is 0 Å². The Morgan fingerprint density at radius 2 is 2.00 bits per heavy atom. The average Bonchev–Trinajstić information content (AvgIpc) is 2.18. The average molecular weight is 265 g/mol. The van der Waals surface area contributed by atoms with Gasteiger partial charge in [0.1, 0.15) is 0 Å². The van der Waals surface area contributed by atoms with Crippen molar-refractivity contribution in [2.45, 2.75) is 6.54 Å². The zero-order valence-corrected chi connectivity index (χ0v) is 11.0. The molecule has 0 radical (unpaired) electrons. The molecule has 1 rings (SSSR count). The van der Waals surface area contributed by atoms with E-state index >= 15 is 0 Å². The lowest BCUT2D eigenvalue weighted by Crippen LogP contribution is -2.28. The van der Waals surface area contributed by atoms with Crippen LogP contribution in [0.5, 0.6) is 0 Å². The van der Waals surface area contributed by atoms with Gasteiger partial charge in [-0.3, -0.25) is 5.41 Å². The Morgan fingerprint density at radius 3 is 2.50 bits per heavy atom. The largest absolute Gasteiger partial charge is 0.349 e. The van der Waals surface area contributed by atoms with Gasteiger partial charge >= 0.3 is 0 Å². The topological polar surface area (TPSA) is 65.1 Å². The summed E-state index contributed by atoms with van der Waals surface area (Å²) in [5, 5.41) is 10.6. The number of nitrogens with one attached hydrogen (secondary N) is 2. The molecule has 1 aromatic carbocycles. The molecule has 16 heavy (non-hydrogen) atoms. The van der Waals surface area contributed by atoms with E-state index in [4.69, 9.17) is 11.1 Å². The molecule has 0 spiro atoms. The SMILES string of the molecule is CN(C)C(=N)Nc1cccc(CN)c1.Cl.Cl. The van der Waals surface area contributed by atoms with Gasteiger partial charge in [0.2, 0.25) is 0 Å². The van der Waals surface area contributed by atoms with E-state index in [-0.39, 0.29) is 24.8 Å². The van der Waals surface area contributed by atoms with Crippen LogP contribution in [-0.2, 0) is 6.54 Å². The van der Waals surface area contributed by atoms with Crippen molar-refractivity contribution in [2.24, 2.45) is 5.73 Å². The number of halogens is 2. The minimum Gasteiger partial charge on any atom is -0.349 e. The molecular formula is C10H18Cl2N4. The van der Waals surface area contributed by atoms with Gasteiger partial charge in [-0.1, -0.05) is 12.1 Å². The lowest BCUT2D eigenvalue weighted by Gasteiger charge is -2.15. The Morgan fingerprint density at radius 1 is 1.38 bits per heavy atom. The molecule has 0 saturated heterocycles. The van der Waals surface area contributed by atoms with Crippen LogP contribution in [0, 0.1) is 5.41 Å². The van der Waals surface area contributed by atoms with Crippen LogP contribution < -0.4 is 11.1 Å². The zero-order chi connectivity index (χ0) is 10.6. The molecule has 4 N–H and O–H groups in total. The maximum absolute atomic E-state index is 7.59. The van der Waals surface area contributed by atoms with Crippen molar-refractivity contribution in [1.82, 2.24) is 4.90 Å². The van der Waals surface area contributed by atoms with Crippen molar-refractivity contribution in [2.75, 3.05) is 19.4 Å². The van der Waals surface area contributed by atoms with Crippen molar-refractivity contribution < 1.29 is 0 Å². The Kier molecular flexibility index (Phi) is 8.95. The fourth-order valence-electron chi connectivity index (χ4n) is 1.02. The predicted molar refractivity (Wildman–Crippen MR) is 73.9 cm³/mol. The number of guanidine groups is 1. The highest BCUT2D eigenvalue weighted by molar-refractivity contribution is 5.90. The molecule has 0 atom stereocenters. The molecule has 0 aliphatic carbocycles. The monoisotopic (exact) mass is 264 g/mol. The van der Waals surface area contributed by atoms with E-state index < -0.39 is 0 Å². The van der Waals surface area contributed by atoms with Crippen LogP contribution in [0.4, 0.5) is 5.69 Å². The molecule has 0 aliphatic rings. The first-order valence-electron chi connectivity index (χ1n) is 4.45. The highest BCUT2D eigenvalue weighted by Crippen LogP contribution is 2.09. The summed E-state index contributed by atoms with van der Waals surface area (Å²) in [4.78, 5) is 1.70. The van der Waals surface area contributed by atoms with Crippen molar-refractivity contribution in [1.29, 1.82) is 5.41 Å². The van der Waals surface area contributed by atoms with E-state index in [2.05, 4.69) is 5.32 Å². The van der Waals surface area contributed by atoms with E-state index in [1.54, 1.807) is 4.90 Å². The van der Waals surface area contributed by atoms with Crippen molar-refractivity contribution in [3.63, 3.8) is 0 Å². The molecule has 0 heterocycles. The Hall–Kier alpha value is -0.970. The summed E-state index contributed by atoms with van der Waals surface area (Å²) in [5.74, 6) is 0.360. The summed E-state index contributed by atoms with van der Waals surface area (Å²) in [6.45, 7) is 0.519. The zero-order valence-electron chi connectivity index (χ0n) is 9.36. The number of hydrogen-bond acceptors (Lipinski definition) is 2. The molecule has 0 amide bonds. The molecule has 1 aromatic rings. The van der Waals surface area contributed by atoms with E-state index in [0.29, 0.717) is 12.5 Å². The minimum atomic E-state index is 0. The molecule has 6 heteroatoms. The molecular weight excluding hydrogens is 247 g/mol. The highest BCUT2D eigenvalue weighted by Gasteiger charge is 1.99. The summed E-state index contributed by atoms with van der Waals surface area (Å²) in [6, 6.07) is 7.74. The maximum Gasteiger partial charge on any atom is 0.195 e. The fourth-order valence-corrected chi connectivity index (χ4v) is 1.02. The van der Waals surface area contributed by atoms with Gasteiger partial charge in [0.05, 0.1) is 0 Å². The van der Waals surface area contributed by atoms with Crippen LogP contribution >= 0.6 is 24.8 Å². The second-order valence-electron chi connectivity index (χ2n) is 3.27. The fraction of sp³-hybridized carbons (Fsp3) is 0.300. The smallest absolute Gasteiger partial charge is 0.195 e. The maximum atomic E-state index is 7.59. The summed E-state index contributed by atoms with van der Waals surface area (Å²) in [6.07, 6.45) is 0. The van der Waals surface area contributed by atoms with Gasteiger partial charge < -0.3 is 16.0 Å². The molecule has 0 aromatic heterocycles. The Balaban J connectivity index is 0. The second-order valence-corrected chi connectivity index (χ2v) is 3.27. The Labute approximate surface area is 109 Å². The van der Waals surface area contributed by atoms with Crippen LogP contribution in [-0.4, -0.2) is 25.0 Å². The molecule has 0 saturated carbocycles. The predicted octanol–water partition coefficient (Wildman–Crippen LogP) is 1.90. The van der Waals surface area contributed by atoms with Crippen molar-refractivity contribution >= 4 is 36.5 Å². The van der Waals surface area contributed by atoms with Gasteiger partial charge in [-0.15, -0.1) is 24.8 Å². The first kappa shape index (κ1) is 17.4. The van der Waals surface area contributed by atoms with Crippen LogP contribution in [0.25, 0.3) is 0 Å². The Bertz CT molecular complexity index is 328. The highest BCUT2D eigenvalue weighted by atomic mass is 35.5. The molecule has 92 valence electrons. The lowest BCUT2D eigenvalue weighted by atomic mass is 10.2. The van der Waals surface area contributed by atoms with E-state index in [9.17, 15) is 0 Å². The number of nitrogens with two attached hydrogens (primary N) is 1. The van der Waals surface area contributed by atoms with Crippen LogP contribution in [0.3, 0.4) is 0 Å².